The van der Waals surface area contributed by atoms with Gasteiger partial charge in [0.05, 0.1) is 42.3 Å². The van der Waals surface area contributed by atoms with Crippen molar-refractivity contribution in [1.29, 1.82) is 10.5 Å². The maximum absolute atomic E-state index is 9.56. The van der Waals surface area contributed by atoms with Gasteiger partial charge in [-0.1, -0.05) is 12.1 Å². The van der Waals surface area contributed by atoms with E-state index in [1.165, 1.54) is 12.8 Å². The number of methoxy groups -OCH3 is 1. The molecule has 3 rings (SSSR count). The molecule has 1 aliphatic carbocycles. The van der Waals surface area contributed by atoms with Crippen molar-refractivity contribution in [3.63, 3.8) is 0 Å². The molecule has 0 N–H and O–H groups in total. The van der Waals surface area contributed by atoms with Crippen LogP contribution >= 0.6 is 0 Å². The highest BCUT2D eigenvalue weighted by Crippen LogP contribution is 2.33. The largest absolute Gasteiger partial charge is 0.491 e. The molecule has 5 heteroatoms. The predicted octanol–water partition coefficient (Wildman–Crippen LogP) is 4.35. The van der Waals surface area contributed by atoms with E-state index >= 15 is 0 Å². The summed E-state index contributed by atoms with van der Waals surface area (Å²) >= 11 is 0. The summed E-state index contributed by atoms with van der Waals surface area (Å²) in [6.07, 6.45) is 7.94. The second-order valence-electron chi connectivity index (χ2n) is 6.15. The molecule has 1 aromatic carbocycles. The van der Waals surface area contributed by atoms with Gasteiger partial charge in [-0.05, 0) is 49.5 Å². The van der Waals surface area contributed by atoms with Crippen LogP contribution in [0.3, 0.4) is 0 Å². The number of rotatable bonds is 5. The van der Waals surface area contributed by atoms with Crippen LogP contribution in [0.5, 0.6) is 11.5 Å². The molecular formula is C21H19N3O2. The average molecular weight is 345 g/mol. The van der Waals surface area contributed by atoms with Crippen LogP contribution in [0.15, 0.2) is 36.5 Å². The van der Waals surface area contributed by atoms with Gasteiger partial charge in [-0.3, -0.25) is 4.98 Å². The van der Waals surface area contributed by atoms with Crippen molar-refractivity contribution in [2.24, 2.45) is 0 Å². The van der Waals surface area contributed by atoms with Crippen LogP contribution in [0, 0.1) is 22.7 Å². The number of nitrogens with zero attached hydrogens (tertiary/aromatic N) is 3. The van der Waals surface area contributed by atoms with Gasteiger partial charge in [0.1, 0.15) is 6.07 Å². The summed E-state index contributed by atoms with van der Waals surface area (Å²) in [5, 5.41) is 18.4. The molecule has 1 aromatic heterocycles. The minimum Gasteiger partial charge on any atom is -0.491 e. The van der Waals surface area contributed by atoms with Crippen LogP contribution in [-0.2, 0) is 0 Å². The molecule has 0 aliphatic heterocycles. The lowest BCUT2D eigenvalue weighted by Gasteiger charge is -2.16. The quantitative estimate of drug-likeness (QED) is 0.753. The van der Waals surface area contributed by atoms with E-state index in [0.29, 0.717) is 28.3 Å². The van der Waals surface area contributed by atoms with E-state index in [1.807, 2.05) is 0 Å². The van der Waals surface area contributed by atoms with Crippen LogP contribution in [-0.4, -0.2) is 18.2 Å². The molecule has 0 amide bonds. The van der Waals surface area contributed by atoms with Crippen LogP contribution in [0.4, 0.5) is 0 Å². The van der Waals surface area contributed by atoms with Gasteiger partial charge >= 0.3 is 0 Å². The van der Waals surface area contributed by atoms with E-state index in [1.54, 1.807) is 49.7 Å². The zero-order valence-electron chi connectivity index (χ0n) is 14.6. The Morgan fingerprint density at radius 3 is 2.50 bits per heavy atom. The molecule has 1 saturated carbocycles. The van der Waals surface area contributed by atoms with Crippen molar-refractivity contribution in [2.75, 3.05) is 7.11 Å². The summed E-state index contributed by atoms with van der Waals surface area (Å²) < 4.78 is 11.4. The molecule has 0 spiro atoms. The molecule has 1 aliphatic rings. The third-order valence-corrected chi connectivity index (χ3v) is 4.39. The molecule has 0 bridgehead atoms. The first-order chi connectivity index (χ1) is 12.7. The van der Waals surface area contributed by atoms with E-state index in [9.17, 15) is 5.26 Å². The molecule has 130 valence electrons. The lowest BCUT2D eigenvalue weighted by Crippen LogP contribution is -2.12. The number of allylic oxidation sites excluding steroid dienone is 1. The first-order valence-electron chi connectivity index (χ1n) is 8.56. The number of aromatic nitrogens is 1. The topological polar surface area (TPSA) is 78.9 Å². The number of hydrogen-bond acceptors (Lipinski definition) is 5. The molecule has 0 unspecified atom stereocenters. The van der Waals surface area contributed by atoms with Gasteiger partial charge < -0.3 is 9.47 Å². The predicted molar refractivity (Wildman–Crippen MR) is 98.3 cm³/mol. The fourth-order valence-electron chi connectivity index (χ4n) is 2.99. The molecule has 1 fully saturated rings. The first-order valence-corrected chi connectivity index (χ1v) is 8.56. The van der Waals surface area contributed by atoms with Crippen molar-refractivity contribution in [3.05, 3.63) is 53.3 Å². The molecule has 26 heavy (non-hydrogen) atoms. The second-order valence-corrected chi connectivity index (χ2v) is 6.15. The average Bonchev–Trinajstić information content (AvgIpc) is 3.19. The first kappa shape index (κ1) is 17.5. The summed E-state index contributed by atoms with van der Waals surface area (Å²) in [4.78, 5) is 4.34. The van der Waals surface area contributed by atoms with E-state index in [0.717, 1.165) is 18.4 Å². The van der Waals surface area contributed by atoms with Crippen molar-refractivity contribution >= 4 is 11.6 Å². The van der Waals surface area contributed by atoms with Crippen molar-refractivity contribution in [1.82, 2.24) is 4.98 Å². The SMILES string of the molecule is COc1cnc(/C(C#N)=C/c2ccc(C#N)cc2)cc1OC1CCCC1. The van der Waals surface area contributed by atoms with Gasteiger partial charge in [0, 0.05) is 6.07 Å². The van der Waals surface area contributed by atoms with Gasteiger partial charge in [-0.25, -0.2) is 0 Å². The van der Waals surface area contributed by atoms with Crippen molar-refractivity contribution < 1.29 is 9.47 Å². The summed E-state index contributed by atoms with van der Waals surface area (Å²) in [5.41, 5.74) is 2.37. The third kappa shape index (κ3) is 4.02. The highest BCUT2D eigenvalue weighted by Gasteiger charge is 2.19. The van der Waals surface area contributed by atoms with Crippen LogP contribution < -0.4 is 9.47 Å². The summed E-state index contributed by atoms with van der Waals surface area (Å²) in [7, 11) is 1.58. The Kier molecular flexibility index (Phi) is 5.51. The van der Waals surface area contributed by atoms with Gasteiger partial charge in [0.25, 0.3) is 0 Å². The Bertz CT molecular complexity index is 883. The van der Waals surface area contributed by atoms with Gasteiger partial charge in [-0.15, -0.1) is 0 Å². The van der Waals surface area contributed by atoms with Crippen LogP contribution in [0.1, 0.15) is 42.5 Å². The van der Waals surface area contributed by atoms with Gasteiger partial charge in [0.15, 0.2) is 11.5 Å². The molecule has 0 atom stereocenters. The minimum atomic E-state index is 0.187. The number of benzene rings is 1. The molecule has 1 heterocycles. The van der Waals surface area contributed by atoms with Crippen molar-refractivity contribution in [2.45, 2.75) is 31.8 Å². The fourth-order valence-corrected chi connectivity index (χ4v) is 2.99. The summed E-state index contributed by atoms with van der Waals surface area (Å²) in [5.74, 6) is 1.18. The smallest absolute Gasteiger partial charge is 0.179 e. The maximum Gasteiger partial charge on any atom is 0.179 e. The lowest BCUT2D eigenvalue weighted by atomic mass is 10.1. The Morgan fingerprint density at radius 2 is 1.88 bits per heavy atom. The van der Waals surface area contributed by atoms with Crippen LogP contribution in [0.2, 0.25) is 0 Å². The monoisotopic (exact) mass is 345 g/mol. The molecular weight excluding hydrogens is 326 g/mol. The minimum absolute atomic E-state index is 0.187. The Balaban J connectivity index is 1.91. The molecule has 5 nitrogen and oxygen atoms in total. The van der Waals surface area contributed by atoms with Gasteiger partial charge in [0.2, 0.25) is 0 Å². The normalized spacial score (nSPS) is 14.5. The van der Waals surface area contributed by atoms with E-state index in [2.05, 4.69) is 17.1 Å². The zero-order valence-corrected chi connectivity index (χ0v) is 14.6. The highest BCUT2D eigenvalue weighted by molar-refractivity contribution is 5.88. The van der Waals surface area contributed by atoms with E-state index < -0.39 is 0 Å². The Morgan fingerprint density at radius 1 is 1.15 bits per heavy atom. The van der Waals surface area contributed by atoms with Crippen LogP contribution in [0.25, 0.3) is 11.6 Å². The number of pyridine rings is 1. The Hall–Kier alpha value is -3.31. The van der Waals surface area contributed by atoms with E-state index in [4.69, 9.17) is 14.7 Å². The molecule has 0 saturated heterocycles. The highest BCUT2D eigenvalue weighted by atomic mass is 16.5. The maximum atomic E-state index is 9.56. The number of nitriles is 2. The van der Waals surface area contributed by atoms with E-state index in [-0.39, 0.29) is 6.10 Å². The van der Waals surface area contributed by atoms with Crippen molar-refractivity contribution in [3.8, 4) is 23.6 Å². The fraction of sp³-hybridized carbons (Fsp3) is 0.286. The standard InChI is InChI=1S/C21H19N3O2/c1-25-21-14-24-19(11-20(21)26-18-4-2-3-5-18)17(13-23)10-15-6-8-16(12-22)9-7-15/h6-11,14,18H,2-5H2,1H3/b17-10+. The lowest BCUT2D eigenvalue weighted by molar-refractivity contribution is 0.200. The van der Waals surface area contributed by atoms with Gasteiger partial charge in [-0.2, -0.15) is 10.5 Å². The number of ether oxygens (including phenoxy) is 2. The zero-order chi connectivity index (χ0) is 18.4. The summed E-state index contributed by atoms with van der Waals surface area (Å²) in [6.45, 7) is 0. The Labute approximate surface area is 153 Å². The molecule has 2 aromatic rings. The second kappa shape index (κ2) is 8.18. The summed E-state index contributed by atoms with van der Waals surface area (Å²) in [6, 6.07) is 13.1. The molecule has 0 radical (unpaired) electrons. The number of hydrogen-bond donors (Lipinski definition) is 0. The third-order valence-electron chi connectivity index (χ3n) is 4.39.